The van der Waals surface area contributed by atoms with Gasteiger partial charge in [0.25, 0.3) is 7.37 Å². The summed E-state index contributed by atoms with van der Waals surface area (Å²) in [7, 11) is 0.740. The number of rotatable bonds is 5. The van der Waals surface area contributed by atoms with Crippen LogP contribution in [-0.2, 0) is 9.09 Å². The minimum atomic E-state index is -3.41. The summed E-state index contributed by atoms with van der Waals surface area (Å²) in [5, 5.41) is 0.484. The van der Waals surface area contributed by atoms with Crippen molar-refractivity contribution in [3.63, 3.8) is 0 Å². The van der Waals surface area contributed by atoms with Crippen molar-refractivity contribution in [3.05, 3.63) is 30.3 Å². The van der Waals surface area contributed by atoms with Crippen LogP contribution in [0.4, 0.5) is 0 Å². The van der Waals surface area contributed by atoms with E-state index in [-0.39, 0.29) is 17.6 Å². The topological polar surface area (TPSA) is 83.4 Å². The lowest BCUT2D eigenvalue weighted by atomic mass is 10.4. The van der Waals surface area contributed by atoms with E-state index in [9.17, 15) is 4.57 Å². The monoisotopic (exact) mass is 295 g/mol. The molecular weight excluding hydrogens is 281 g/mol. The summed E-state index contributed by atoms with van der Waals surface area (Å²) < 4.78 is 28.1. The van der Waals surface area contributed by atoms with Gasteiger partial charge in [0.05, 0.1) is 14.2 Å². The Kier molecular flexibility index (Phi) is 4.32. The molecule has 0 fully saturated rings. The van der Waals surface area contributed by atoms with Gasteiger partial charge in [-0.2, -0.15) is 9.97 Å². The minimum absolute atomic E-state index is 0.0139. The lowest BCUT2D eigenvalue weighted by Crippen LogP contribution is -2.24. The lowest BCUT2D eigenvalue weighted by molar-refractivity contribution is 0.340. The third-order valence-electron chi connectivity index (χ3n) is 2.56. The Morgan fingerprint density at radius 2 is 1.45 bits per heavy atom. The molecule has 0 bridgehead atoms. The maximum absolute atomic E-state index is 13.0. The van der Waals surface area contributed by atoms with E-state index >= 15 is 0 Å². The third-order valence-corrected chi connectivity index (χ3v) is 4.78. The van der Waals surface area contributed by atoms with Gasteiger partial charge in [0.1, 0.15) is 0 Å². The second-order valence-corrected chi connectivity index (χ2v) is 6.06. The Hall–Kier alpha value is -1.98. The van der Waals surface area contributed by atoms with Gasteiger partial charge in [-0.3, -0.25) is 4.57 Å². The first kappa shape index (κ1) is 14.4. The molecule has 0 aliphatic rings. The molecule has 1 aromatic carbocycles. The van der Waals surface area contributed by atoms with E-state index in [0.717, 1.165) is 0 Å². The predicted molar refractivity (Wildman–Crippen MR) is 73.3 cm³/mol. The van der Waals surface area contributed by atoms with Crippen molar-refractivity contribution in [1.29, 1.82) is 0 Å². The molecule has 8 heteroatoms. The van der Waals surface area contributed by atoms with Crippen LogP contribution in [0.2, 0.25) is 0 Å². The molecule has 0 N–H and O–H groups in total. The molecule has 0 aliphatic carbocycles. The van der Waals surface area contributed by atoms with Crippen molar-refractivity contribution in [2.75, 3.05) is 21.3 Å². The van der Waals surface area contributed by atoms with Gasteiger partial charge in [-0.25, -0.2) is 0 Å². The number of nitrogens with zero attached hydrogens (tertiary/aromatic N) is 3. The fourth-order valence-corrected chi connectivity index (χ4v) is 3.17. The molecule has 0 spiro atoms. The smallest absolute Gasteiger partial charge is 0.323 e. The molecule has 106 valence electrons. The normalized spacial score (nSPS) is 13.6. The van der Waals surface area contributed by atoms with Crippen molar-refractivity contribution in [2.45, 2.75) is 0 Å². The zero-order chi connectivity index (χ0) is 14.6. The summed E-state index contributed by atoms with van der Waals surface area (Å²) in [6.07, 6.45) is 0. The molecule has 20 heavy (non-hydrogen) atoms. The molecule has 2 aromatic rings. The molecule has 7 nitrogen and oxygen atoms in total. The van der Waals surface area contributed by atoms with Crippen LogP contribution in [-0.4, -0.2) is 36.3 Å². The van der Waals surface area contributed by atoms with E-state index in [0.29, 0.717) is 5.30 Å². The minimum Gasteiger partial charge on any atom is -0.467 e. The zero-order valence-electron chi connectivity index (χ0n) is 11.3. The number of methoxy groups -OCH3 is 2. The van der Waals surface area contributed by atoms with Crippen LogP contribution in [0.3, 0.4) is 0 Å². The molecule has 0 radical (unpaired) electrons. The molecule has 1 aromatic heterocycles. The van der Waals surface area contributed by atoms with Crippen LogP contribution in [0.5, 0.6) is 12.0 Å². The summed E-state index contributed by atoms with van der Waals surface area (Å²) >= 11 is 0. The predicted octanol–water partition coefficient (Wildman–Crippen LogP) is 0.764. The van der Waals surface area contributed by atoms with Crippen LogP contribution in [0, 0.1) is 0 Å². The number of hydrogen-bond acceptors (Lipinski definition) is 7. The molecule has 0 saturated heterocycles. The summed E-state index contributed by atoms with van der Waals surface area (Å²) in [5.74, 6) is 0. The molecule has 0 saturated carbocycles. The Morgan fingerprint density at radius 3 is 1.90 bits per heavy atom. The van der Waals surface area contributed by atoms with Crippen LogP contribution in [0.15, 0.2) is 30.3 Å². The first-order chi connectivity index (χ1) is 9.63. The maximum Gasteiger partial charge on any atom is 0.323 e. The van der Waals surface area contributed by atoms with E-state index in [4.69, 9.17) is 14.0 Å². The van der Waals surface area contributed by atoms with E-state index in [1.165, 1.54) is 21.3 Å². The fraction of sp³-hybridized carbons (Fsp3) is 0.250. The molecule has 1 atom stereocenters. The highest BCUT2D eigenvalue weighted by Gasteiger charge is 2.32. The first-order valence-electron chi connectivity index (χ1n) is 5.70. The van der Waals surface area contributed by atoms with Gasteiger partial charge in [-0.15, -0.1) is 4.98 Å². The van der Waals surface area contributed by atoms with E-state index < -0.39 is 7.37 Å². The molecular formula is C12H14N3O4P. The van der Waals surface area contributed by atoms with Crippen LogP contribution in [0.1, 0.15) is 0 Å². The molecule has 0 aliphatic heterocycles. The fourth-order valence-electron chi connectivity index (χ4n) is 1.57. The molecule has 0 unspecified atom stereocenters. The van der Waals surface area contributed by atoms with Gasteiger partial charge in [-0.05, 0) is 12.1 Å². The van der Waals surface area contributed by atoms with Gasteiger partial charge in [-0.1, -0.05) is 18.2 Å². The highest BCUT2D eigenvalue weighted by atomic mass is 31.2. The van der Waals surface area contributed by atoms with Gasteiger partial charge >= 0.3 is 12.0 Å². The first-order valence-corrected chi connectivity index (χ1v) is 7.32. The second-order valence-electron chi connectivity index (χ2n) is 3.68. The van der Waals surface area contributed by atoms with Crippen molar-refractivity contribution < 1.29 is 18.6 Å². The van der Waals surface area contributed by atoms with Gasteiger partial charge in [0, 0.05) is 12.4 Å². The highest BCUT2D eigenvalue weighted by molar-refractivity contribution is 7.73. The Morgan fingerprint density at radius 1 is 0.900 bits per heavy atom. The molecule has 1 heterocycles. The van der Waals surface area contributed by atoms with Crippen molar-refractivity contribution >= 4 is 18.2 Å². The Bertz CT molecular complexity index is 614. The van der Waals surface area contributed by atoms with Crippen LogP contribution < -0.4 is 20.3 Å². The average molecular weight is 295 g/mol. The van der Waals surface area contributed by atoms with Crippen molar-refractivity contribution in [1.82, 2.24) is 15.0 Å². The average Bonchev–Trinajstić information content (AvgIpc) is 2.54. The molecule has 0 amide bonds. The third kappa shape index (κ3) is 2.64. The van der Waals surface area contributed by atoms with Crippen LogP contribution in [0.25, 0.3) is 0 Å². The van der Waals surface area contributed by atoms with Crippen molar-refractivity contribution in [3.8, 4) is 12.0 Å². The zero-order valence-corrected chi connectivity index (χ0v) is 12.2. The lowest BCUT2D eigenvalue weighted by Gasteiger charge is -2.15. The van der Waals surface area contributed by atoms with Gasteiger partial charge in [0.2, 0.25) is 5.57 Å². The van der Waals surface area contributed by atoms with Gasteiger partial charge in [0.15, 0.2) is 0 Å². The molecule has 2 rings (SSSR count). The van der Waals surface area contributed by atoms with E-state index in [2.05, 4.69) is 15.0 Å². The van der Waals surface area contributed by atoms with E-state index in [1.807, 2.05) is 6.07 Å². The summed E-state index contributed by atoms with van der Waals surface area (Å²) in [5.41, 5.74) is -0.0186. The Labute approximate surface area is 116 Å². The number of ether oxygens (including phenoxy) is 2. The second kappa shape index (κ2) is 5.98. The largest absolute Gasteiger partial charge is 0.467 e. The number of hydrogen-bond donors (Lipinski definition) is 0. The van der Waals surface area contributed by atoms with Crippen molar-refractivity contribution in [2.24, 2.45) is 0 Å². The Balaban J connectivity index is 2.60. The summed E-state index contributed by atoms with van der Waals surface area (Å²) in [6, 6.07) is 8.74. The quantitative estimate of drug-likeness (QED) is 0.753. The standard InChI is InChI=1S/C12H14N3O4P/c1-17-10-13-11(18-2)15-12(14-10)20(16,19-3)9-7-5-4-6-8-9/h4-8H,1-3H3/t20-/m1/s1. The van der Waals surface area contributed by atoms with Crippen LogP contribution >= 0.6 is 7.37 Å². The summed E-state index contributed by atoms with van der Waals surface area (Å²) in [4.78, 5) is 11.9. The summed E-state index contributed by atoms with van der Waals surface area (Å²) in [6.45, 7) is 0. The van der Waals surface area contributed by atoms with Gasteiger partial charge < -0.3 is 14.0 Å². The SMILES string of the molecule is COc1nc(OC)nc([P@](=O)(OC)c2ccccc2)n1. The maximum atomic E-state index is 13.0. The highest BCUT2D eigenvalue weighted by Crippen LogP contribution is 2.42. The van der Waals surface area contributed by atoms with E-state index in [1.54, 1.807) is 24.3 Å². The number of aromatic nitrogens is 3. The number of benzene rings is 1.